The second kappa shape index (κ2) is 13.0. The van der Waals surface area contributed by atoms with E-state index in [2.05, 4.69) is 51.3 Å². The van der Waals surface area contributed by atoms with Gasteiger partial charge in [-0.25, -0.2) is 0 Å². The number of nitrogens with one attached hydrogen (secondary N) is 2. The number of nitrogens with two attached hydrogens (primary N) is 1. The molecule has 5 N–H and O–H groups in total. The number of unbranched alkanes of at least 4 members (excludes halogenated alkanes) is 1. The summed E-state index contributed by atoms with van der Waals surface area (Å²) in [5.74, 6) is 3.80. The first kappa shape index (κ1) is 30.5. The first-order valence-electron chi connectivity index (χ1n) is 16.8. The minimum absolute atomic E-state index is 0.00969. The molecule has 8 atom stereocenters. The fourth-order valence-corrected chi connectivity index (χ4v) is 9.86. The van der Waals surface area contributed by atoms with Crippen LogP contribution in [0.3, 0.4) is 0 Å². The Balaban J connectivity index is 1.47. The number of hydrogen-bond acceptors (Lipinski definition) is 4. The molecule has 4 nitrogen and oxygen atoms in total. The summed E-state index contributed by atoms with van der Waals surface area (Å²) in [7, 11) is 0. The Hall–Kier alpha value is -0.420. The Kier molecular flexibility index (Phi) is 10.5. The summed E-state index contributed by atoms with van der Waals surface area (Å²) < 4.78 is 0. The van der Waals surface area contributed by atoms with Gasteiger partial charge in [0.1, 0.15) is 0 Å². The van der Waals surface area contributed by atoms with E-state index in [-0.39, 0.29) is 11.5 Å². The van der Waals surface area contributed by atoms with Gasteiger partial charge in [-0.3, -0.25) is 0 Å². The van der Waals surface area contributed by atoms with Gasteiger partial charge < -0.3 is 21.5 Å². The van der Waals surface area contributed by atoms with Crippen LogP contribution >= 0.6 is 0 Å². The Labute approximate surface area is 235 Å². The summed E-state index contributed by atoms with van der Waals surface area (Å²) in [4.78, 5) is 0. The van der Waals surface area contributed by atoms with Gasteiger partial charge in [0.2, 0.25) is 0 Å². The van der Waals surface area contributed by atoms with E-state index in [1.54, 1.807) is 5.57 Å². The zero-order valence-electron chi connectivity index (χ0n) is 25.8. The van der Waals surface area contributed by atoms with Crippen molar-refractivity contribution in [2.24, 2.45) is 46.2 Å². The lowest BCUT2D eigenvalue weighted by molar-refractivity contribution is -0.159. The fraction of sp³-hybridized carbons (Fsp3) is 0.941. The normalized spacial score (nSPS) is 39.4. The van der Waals surface area contributed by atoms with Crippen LogP contribution in [0.2, 0.25) is 0 Å². The summed E-state index contributed by atoms with van der Waals surface area (Å²) in [5, 5.41) is 19.9. The maximum Gasteiger partial charge on any atom is 0.0894 e. The summed E-state index contributed by atoms with van der Waals surface area (Å²) >= 11 is 0. The molecule has 4 aliphatic carbocycles. The van der Waals surface area contributed by atoms with Crippen LogP contribution in [0.5, 0.6) is 0 Å². The highest BCUT2D eigenvalue weighted by Crippen LogP contribution is 2.67. The molecule has 7 unspecified atom stereocenters. The Morgan fingerprint density at radius 2 is 1.66 bits per heavy atom. The van der Waals surface area contributed by atoms with Crippen molar-refractivity contribution >= 4 is 0 Å². The molecule has 0 aliphatic heterocycles. The molecule has 38 heavy (non-hydrogen) atoms. The van der Waals surface area contributed by atoms with Crippen LogP contribution in [-0.2, 0) is 0 Å². The fourth-order valence-electron chi connectivity index (χ4n) is 9.86. The molecule has 3 fully saturated rings. The largest absolute Gasteiger partial charge is 0.387 e. The Morgan fingerprint density at radius 3 is 2.42 bits per heavy atom. The van der Waals surface area contributed by atoms with Crippen molar-refractivity contribution in [3.63, 3.8) is 0 Å². The van der Waals surface area contributed by atoms with Crippen molar-refractivity contribution in [2.75, 3.05) is 26.2 Å². The molecule has 0 saturated heterocycles. The highest BCUT2D eigenvalue weighted by atomic mass is 16.3. The van der Waals surface area contributed by atoms with Crippen LogP contribution in [0.1, 0.15) is 125 Å². The molecule has 0 aromatic carbocycles. The summed E-state index contributed by atoms with van der Waals surface area (Å²) in [5.41, 5.74) is 7.22. The minimum atomic E-state index is -0.607. The lowest BCUT2D eigenvalue weighted by Crippen LogP contribution is -2.67. The van der Waals surface area contributed by atoms with Gasteiger partial charge >= 0.3 is 0 Å². The molecule has 0 spiro atoms. The van der Waals surface area contributed by atoms with E-state index in [0.717, 1.165) is 75.5 Å². The molecule has 220 valence electrons. The van der Waals surface area contributed by atoms with Crippen LogP contribution in [-0.4, -0.2) is 42.9 Å². The average Bonchev–Trinajstić information content (AvgIpc) is 3.23. The van der Waals surface area contributed by atoms with Crippen molar-refractivity contribution in [1.82, 2.24) is 10.6 Å². The lowest BCUT2D eigenvalue weighted by Gasteiger charge is -2.62. The molecule has 0 radical (unpaired) electrons. The van der Waals surface area contributed by atoms with Gasteiger partial charge in [0.05, 0.1) is 11.6 Å². The van der Waals surface area contributed by atoms with Gasteiger partial charge in [-0.05, 0) is 119 Å². The third-order valence-electron chi connectivity index (χ3n) is 12.2. The van der Waals surface area contributed by atoms with Crippen LogP contribution < -0.4 is 16.4 Å². The lowest BCUT2D eigenvalue weighted by atomic mass is 9.45. The van der Waals surface area contributed by atoms with Gasteiger partial charge in [-0.15, -0.1) is 0 Å². The van der Waals surface area contributed by atoms with E-state index in [1.165, 1.54) is 64.2 Å². The first-order valence-corrected chi connectivity index (χ1v) is 16.8. The molecule has 0 heterocycles. The van der Waals surface area contributed by atoms with Crippen LogP contribution in [0.4, 0.5) is 0 Å². The second-order valence-electron chi connectivity index (χ2n) is 14.9. The molecular formula is C34H63N3O. The maximum absolute atomic E-state index is 12.4. The molecule has 0 aromatic rings. The maximum atomic E-state index is 12.4. The molecule has 0 amide bonds. The predicted octanol–water partition coefficient (Wildman–Crippen LogP) is 6.82. The molecule has 0 aromatic heterocycles. The van der Waals surface area contributed by atoms with Gasteiger partial charge in [0.15, 0.2) is 0 Å². The minimum Gasteiger partial charge on any atom is -0.387 e. The third kappa shape index (κ3) is 5.95. The number of fused-ring (bicyclic) bond motifs is 5. The Morgan fingerprint density at radius 1 is 0.895 bits per heavy atom. The molecule has 4 heteroatoms. The smallest absolute Gasteiger partial charge is 0.0894 e. The van der Waals surface area contributed by atoms with E-state index >= 15 is 0 Å². The first-order chi connectivity index (χ1) is 18.2. The summed E-state index contributed by atoms with van der Waals surface area (Å²) in [6, 6.07) is 0.0983. The van der Waals surface area contributed by atoms with Gasteiger partial charge in [0.25, 0.3) is 0 Å². The van der Waals surface area contributed by atoms with Gasteiger partial charge in [-0.1, -0.05) is 78.4 Å². The van der Waals surface area contributed by atoms with E-state index < -0.39 is 5.60 Å². The Bertz CT molecular complexity index is 782. The SMILES string of the molecule is CC(C)CCCC(C)C1CCC2C3=CC(NCCCNCCCCN)[C@@]4(O)CCCCC4(C)C3CCC21C. The second-order valence-corrected chi connectivity index (χ2v) is 14.9. The molecule has 4 rings (SSSR count). The average molecular weight is 530 g/mol. The molecular weight excluding hydrogens is 466 g/mol. The van der Waals surface area contributed by atoms with Gasteiger partial charge in [0, 0.05) is 5.41 Å². The number of rotatable bonds is 14. The van der Waals surface area contributed by atoms with E-state index in [0.29, 0.717) is 11.3 Å². The quantitative estimate of drug-likeness (QED) is 0.147. The third-order valence-corrected chi connectivity index (χ3v) is 12.2. The van der Waals surface area contributed by atoms with E-state index in [9.17, 15) is 5.11 Å². The predicted molar refractivity (Wildman–Crippen MR) is 162 cm³/mol. The van der Waals surface area contributed by atoms with Crippen molar-refractivity contribution in [2.45, 2.75) is 136 Å². The highest BCUT2D eigenvalue weighted by molar-refractivity contribution is 5.34. The number of aliphatic hydroxyl groups is 1. The molecule has 0 bridgehead atoms. The van der Waals surface area contributed by atoms with Crippen molar-refractivity contribution in [1.29, 1.82) is 0 Å². The van der Waals surface area contributed by atoms with Crippen molar-refractivity contribution in [3.05, 3.63) is 11.6 Å². The van der Waals surface area contributed by atoms with Crippen LogP contribution in [0, 0.1) is 40.4 Å². The van der Waals surface area contributed by atoms with Crippen LogP contribution in [0.25, 0.3) is 0 Å². The number of allylic oxidation sites excluding steroid dienone is 1. The van der Waals surface area contributed by atoms with Crippen molar-refractivity contribution in [3.8, 4) is 0 Å². The molecule has 4 aliphatic rings. The summed E-state index contributed by atoms with van der Waals surface area (Å²) in [6.07, 6.45) is 20.1. The highest BCUT2D eigenvalue weighted by Gasteiger charge is 2.63. The van der Waals surface area contributed by atoms with Crippen molar-refractivity contribution < 1.29 is 5.11 Å². The zero-order chi connectivity index (χ0) is 27.4. The van der Waals surface area contributed by atoms with Crippen LogP contribution in [0.15, 0.2) is 11.6 Å². The standard InChI is InChI=1S/C34H63N3O/c1-25(2)12-10-13-26(3)28-14-15-29-27-24-31(37-23-11-22-36-21-9-8-20-35)34(38)18-7-6-17-33(34,5)30(27)16-19-32(28,29)4/h24-26,28-31,36-38H,6-23,35H2,1-5H3/t26?,28?,29?,30?,31?,32?,33?,34-/m0/s1. The number of hydrogen-bond donors (Lipinski definition) is 4. The van der Waals surface area contributed by atoms with Gasteiger partial charge in [-0.2, -0.15) is 0 Å². The topological polar surface area (TPSA) is 70.3 Å². The van der Waals surface area contributed by atoms with E-state index in [4.69, 9.17) is 5.73 Å². The zero-order valence-corrected chi connectivity index (χ0v) is 25.8. The summed E-state index contributed by atoms with van der Waals surface area (Å²) in [6.45, 7) is 16.3. The van der Waals surface area contributed by atoms with E-state index in [1.807, 2.05) is 0 Å². The monoisotopic (exact) mass is 529 g/mol. The molecule has 3 saturated carbocycles.